The number of carbonyl (C=O) groups is 1. The van der Waals surface area contributed by atoms with Crippen LogP contribution in [0.2, 0.25) is 0 Å². The summed E-state index contributed by atoms with van der Waals surface area (Å²) in [6, 6.07) is -0.938. The van der Waals surface area contributed by atoms with Crippen molar-refractivity contribution in [3.63, 3.8) is 0 Å². The SMILES string of the molecule is CCCCCCCCCCCCCCCC/C=C/CC/C=C/CC/C=C/C(O)C(COC1OC(CO)C(OC2OC(CO)C(O)C(O)C2O)C(O)C1O)NC(=O)CCCCCCCCCCCCCCCCCCCCCCCCCCCCCCCCCCCCCCCC. The van der Waals surface area contributed by atoms with Crippen molar-refractivity contribution in [2.75, 3.05) is 19.8 Å². The normalized spacial score (nSPS) is 22.4. The molecule has 2 fully saturated rings. The molecule has 0 aromatic carbocycles. The Morgan fingerprint density at radius 1 is 0.365 bits per heavy atom. The molecule has 0 spiro atoms. The van der Waals surface area contributed by atoms with Crippen LogP contribution in [0.3, 0.4) is 0 Å². The van der Waals surface area contributed by atoms with Gasteiger partial charge in [-0.3, -0.25) is 4.79 Å². The summed E-state index contributed by atoms with van der Waals surface area (Å²) in [5, 5.41) is 87.6. The predicted molar refractivity (Wildman–Crippen MR) is 397 cm³/mol. The van der Waals surface area contributed by atoms with E-state index in [1.165, 1.54) is 308 Å². The number of ether oxygens (including phenoxy) is 4. The number of nitrogens with one attached hydrogen (secondary N) is 1. The molecule has 0 aromatic rings. The lowest BCUT2D eigenvalue weighted by Gasteiger charge is -2.46. The molecule has 0 saturated carbocycles. The second-order valence-electron chi connectivity index (χ2n) is 29.2. The number of carbonyl (C=O) groups excluding carboxylic acids is 1. The third-order valence-corrected chi connectivity index (χ3v) is 20.3. The zero-order valence-electron chi connectivity index (χ0n) is 62.1. The van der Waals surface area contributed by atoms with Gasteiger partial charge in [0.25, 0.3) is 0 Å². The molecule has 2 rings (SSSR count). The molecule has 96 heavy (non-hydrogen) atoms. The second-order valence-corrected chi connectivity index (χ2v) is 29.2. The molecule has 2 saturated heterocycles. The number of aliphatic hydroxyl groups is 8. The Labute approximate surface area is 589 Å². The fraction of sp³-hybridized carbons (Fsp3) is 0.915. The van der Waals surface area contributed by atoms with Crippen molar-refractivity contribution in [2.45, 2.75) is 460 Å². The lowest BCUT2D eigenvalue weighted by Crippen LogP contribution is -2.65. The van der Waals surface area contributed by atoms with E-state index < -0.39 is 86.8 Å². The minimum Gasteiger partial charge on any atom is -0.394 e. The summed E-state index contributed by atoms with van der Waals surface area (Å²) >= 11 is 0. The van der Waals surface area contributed by atoms with Crippen LogP contribution in [0.5, 0.6) is 0 Å². The highest BCUT2D eigenvalue weighted by Crippen LogP contribution is 2.30. The Balaban J connectivity index is 1.59. The van der Waals surface area contributed by atoms with Gasteiger partial charge in [0, 0.05) is 6.42 Å². The van der Waals surface area contributed by atoms with E-state index in [1.807, 2.05) is 6.08 Å². The van der Waals surface area contributed by atoms with Gasteiger partial charge >= 0.3 is 0 Å². The first kappa shape index (κ1) is 90.3. The van der Waals surface area contributed by atoms with E-state index in [2.05, 4.69) is 43.5 Å². The van der Waals surface area contributed by atoms with Crippen molar-refractivity contribution in [2.24, 2.45) is 0 Å². The Morgan fingerprint density at radius 2 is 0.667 bits per heavy atom. The van der Waals surface area contributed by atoms with Gasteiger partial charge in [-0.2, -0.15) is 0 Å². The van der Waals surface area contributed by atoms with Crippen molar-refractivity contribution >= 4 is 5.91 Å². The highest BCUT2D eigenvalue weighted by molar-refractivity contribution is 5.76. The van der Waals surface area contributed by atoms with E-state index >= 15 is 0 Å². The quantitative estimate of drug-likeness (QED) is 0.0204. The van der Waals surface area contributed by atoms with Gasteiger partial charge in [0.15, 0.2) is 12.6 Å². The summed E-state index contributed by atoms with van der Waals surface area (Å²) in [7, 11) is 0. The summed E-state index contributed by atoms with van der Waals surface area (Å²) in [4.78, 5) is 13.4. The summed E-state index contributed by atoms with van der Waals surface area (Å²) in [6.45, 7) is 2.84. The molecule has 12 atom stereocenters. The minimum absolute atomic E-state index is 0.245. The molecule has 0 aliphatic carbocycles. The maximum Gasteiger partial charge on any atom is 0.220 e. The summed E-state index contributed by atoms with van der Waals surface area (Å²) < 4.78 is 22.9. The van der Waals surface area contributed by atoms with Gasteiger partial charge in [0.05, 0.1) is 32.0 Å². The van der Waals surface area contributed by atoms with Gasteiger partial charge in [-0.15, -0.1) is 0 Å². The van der Waals surface area contributed by atoms with Crippen LogP contribution in [0.4, 0.5) is 0 Å². The zero-order chi connectivity index (χ0) is 69.4. The van der Waals surface area contributed by atoms with E-state index in [1.54, 1.807) is 6.08 Å². The predicted octanol–water partition coefficient (Wildman–Crippen LogP) is 18.8. The second kappa shape index (κ2) is 66.4. The number of hydrogen-bond acceptors (Lipinski definition) is 13. The third kappa shape index (κ3) is 48.9. The average Bonchev–Trinajstić information content (AvgIpc) is 0.796. The maximum absolute atomic E-state index is 13.4. The maximum atomic E-state index is 13.4. The molecule has 14 heteroatoms. The van der Waals surface area contributed by atoms with Gasteiger partial charge in [0.1, 0.15) is 48.8 Å². The summed E-state index contributed by atoms with van der Waals surface area (Å²) in [6.07, 6.45) is 71.1. The number of aliphatic hydroxyl groups excluding tert-OH is 8. The molecule has 2 aliphatic heterocycles. The van der Waals surface area contributed by atoms with Crippen LogP contribution in [0.25, 0.3) is 0 Å². The molecule has 2 aliphatic rings. The molecule has 0 aromatic heterocycles. The van der Waals surface area contributed by atoms with Crippen LogP contribution in [-0.2, 0) is 23.7 Å². The number of hydrogen-bond donors (Lipinski definition) is 9. The summed E-state index contributed by atoms with van der Waals surface area (Å²) in [5.41, 5.74) is 0. The van der Waals surface area contributed by atoms with Crippen molar-refractivity contribution in [1.82, 2.24) is 5.32 Å². The van der Waals surface area contributed by atoms with E-state index in [4.69, 9.17) is 18.9 Å². The molecule has 14 nitrogen and oxygen atoms in total. The Bertz CT molecular complexity index is 1750. The van der Waals surface area contributed by atoms with Gasteiger partial charge in [-0.05, 0) is 44.9 Å². The summed E-state index contributed by atoms with van der Waals surface area (Å²) in [5.74, 6) is -0.245. The Kier molecular flexibility index (Phi) is 62.5. The first-order chi connectivity index (χ1) is 47.1. The van der Waals surface area contributed by atoms with Gasteiger partial charge in [0.2, 0.25) is 5.91 Å². The minimum atomic E-state index is -1.79. The molecule has 0 radical (unpaired) electrons. The van der Waals surface area contributed by atoms with Crippen LogP contribution in [0, 0.1) is 0 Å². The monoisotopic (exact) mass is 1360 g/mol. The largest absolute Gasteiger partial charge is 0.394 e. The standard InChI is InChI=1S/C82H155NO13/c1-3-5-7-9-11-13-15-17-19-21-23-25-27-29-30-31-32-33-34-35-36-37-38-39-40-41-42-44-46-48-50-52-54-56-58-60-62-64-66-74(87)83-70(69-93-81-79(92)77(90)80(73(68-85)95-81)96-82-78(91)76(89)75(88)72(67-84)94-82)71(86)65-63-61-59-57-55-53-51-49-47-45-43-28-26-24-22-20-18-16-14-12-10-8-6-4-2/h47,49,55,57,63,65,70-73,75-82,84-86,88-92H,3-46,48,50-54,56,58-62,64,66-69H2,1-2H3,(H,83,87)/b49-47+,57-55+,65-63+. The van der Waals surface area contributed by atoms with Crippen molar-refractivity contribution in [3.8, 4) is 0 Å². The molecule has 12 unspecified atom stereocenters. The van der Waals surface area contributed by atoms with Gasteiger partial charge < -0.3 is 65.1 Å². The van der Waals surface area contributed by atoms with Crippen LogP contribution < -0.4 is 5.32 Å². The molecular weight excluding hydrogens is 1210 g/mol. The number of allylic oxidation sites excluding steroid dienone is 5. The zero-order valence-corrected chi connectivity index (χ0v) is 62.1. The van der Waals surface area contributed by atoms with E-state index in [9.17, 15) is 45.6 Å². The lowest BCUT2D eigenvalue weighted by molar-refractivity contribution is -0.359. The number of amides is 1. The molecule has 9 N–H and O–H groups in total. The van der Waals surface area contributed by atoms with Crippen LogP contribution in [0.15, 0.2) is 36.5 Å². The van der Waals surface area contributed by atoms with Gasteiger partial charge in [-0.25, -0.2) is 0 Å². The van der Waals surface area contributed by atoms with Crippen molar-refractivity contribution in [3.05, 3.63) is 36.5 Å². The van der Waals surface area contributed by atoms with E-state index in [0.29, 0.717) is 12.8 Å². The van der Waals surface area contributed by atoms with Gasteiger partial charge in [-0.1, -0.05) is 371 Å². The lowest BCUT2D eigenvalue weighted by atomic mass is 9.97. The average molecular weight is 1360 g/mol. The van der Waals surface area contributed by atoms with Crippen molar-refractivity contribution in [1.29, 1.82) is 0 Å². The van der Waals surface area contributed by atoms with Crippen LogP contribution in [-0.4, -0.2) is 140 Å². The highest BCUT2D eigenvalue weighted by Gasteiger charge is 2.51. The molecular formula is C82H155NO13. The van der Waals surface area contributed by atoms with Crippen LogP contribution >= 0.6 is 0 Å². The topological polar surface area (TPSA) is 228 Å². The van der Waals surface area contributed by atoms with E-state index in [-0.39, 0.29) is 18.9 Å². The highest BCUT2D eigenvalue weighted by atomic mass is 16.7. The molecule has 0 bridgehead atoms. The first-order valence-electron chi connectivity index (χ1n) is 41.2. The molecule has 566 valence electrons. The Morgan fingerprint density at radius 3 is 1.02 bits per heavy atom. The smallest absolute Gasteiger partial charge is 0.220 e. The van der Waals surface area contributed by atoms with E-state index in [0.717, 1.165) is 44.9 Å². The molecule has 1 amide bonds. The van der Waals surface area contributed by atoms with Crippen molar-refractivity contribution < 1.29 is 64.6 Å². The Hall–Kier alpha value is -1.79. The third-order valence-electron chi connectivity index (χ3n) is 20.3. The fourth-order valence-corrected chi connectivity index (χ4v) is 13.8. The first-order valence-corrected chi connectivity index (χ1v) is 41.2. The number of unbranched alkanes of at least 4 members (excludes halogenated alkanes) is 53. The fourth-order valence-electron chi connectivity index (χ4n) is 13.8. The van der Waals surface area contributed by atoms with Crippen LogP contribution in [0.1, 0.15) is 386 Å². The number of rotatable bonds is 70. The molecule has 2 heterocycles.